The summed E-state index contributed by atoms with van der Waals surface area (Å²) in [4.78, 5) is 25.5. The lowest BCUT2D eigenvalue weighted by Gasteiger charge is -2.12. The number of imide groups is 1. The van der Waals surface area contributed by atoms with E-state index in [9.17, 15) is 14.0 Å². The van der Waals surface area contributed by atoms with Crippen molar-refractivity contribution >= 4 is 44.9 Å². The second-order valence-corrected chi connectivity index (χ2v) is 6.28. The molecule has 0 radical (unpaired) electrons. The molecule has 2 heterocycles. The van der Waals surface area contributed by atoms with Crippen molar-refractivity contribution in [2.75, 3.05) is 0 Å². The van der Waals surface area contributed by atoms with Gasteiger partial charge in [-0.25, -0.2) is 4.39 Å². The van der Waals surface area contributed by atoms with E-state index < -0.39 is 17.0 Å². The first-order valence-corrected chi connectivity index (χ1v) is 7.89. The molecule has 0 unspecified atom stereocenters. The summed E-state index contributed by atoms with van der Waals surface area (Å²) in [6, 6.07) is 9.43. The van der Waals surface area contributed by atoms with Gasteiger partial charge in [-0.2, -0.15) is 0 Å². The molecule has 0 spiro atoms. The van der Waals surface area contributed by atoms with Gasteiger partial charge in [0.15, 0.2) is 4.67 Å². The van der Waals surface area contributed by atoms with E-state index in [-0.39, 0.29) is 11.4 Å². The van der Waals surface area contributed by atoms with Gasteiger partial charge in [0.25, 0.3) is 11.1 Å². The third-order valence-corrected chi connectivity index (χ3v) is 4.36. The van der Waals surface area contributed by atoms with E-state index >= 15 is 0 Å². The maximum Gasteiger partial charge on any atom is 0.293 e. The molecule has 7 heteroatoms. The predicted octanol–water partition coefficient (Wildman–Crippen LogP) is 4.42. The van der Waals surface area contributed by atoms with Crippen LogP contribution in [0.5, 0.6) is 0 Å². The Morgan fingerprint density at radius 3 is 2.68 bits per heavy atom. The largest absolute Gasteiger partial charge is 0.450 e. The number of hydrogen-bond donors (Lipinski definition) is 0. The average molecular weight is 382 g/mol. The summed E-state index contributed by atoms with van der Waals surface area (Å²) in [5.41, 5.74) is 0.298. The van der Waals surface area contributed by atoms with Crippen LogP contribution in [0.2, 0.25) is 0 Å². The Morgan fingerprint density at radius 2 is 2.00 bits per heavy atom. The van der Waals surface area contributed by atoms with E-state index in [1.54, 1.807) is 30.3 Å². The van der Waals surface area contributed by atoms with Crippen LogP contribution in [0, 0.1) is 5.82 Å². The Kier molecular flexibility index (Phi) is 4.17. The van der Waals surface area contributed by atoms with Gasteiger partial charge in [0, 0.05) is 11.6 Å². The number of thioether (sulfide) groups is 1. The van der Waals surface area contributed by atoms with Crippen molar-refractivity contribution in [2.45, 2.75) is 6.54 Å². The summed E-state index contributed by atoms with van der Waals surface area (Å²) in [5, 5.41) is -0.426. The molecule has 2 amide bonds. The van der Waals surface area contributed by atoms with Gasteiger partial charge < -0.3 is 4.42 Å². The highest BCUT2D eigenvalue weighted by Crippen LogP contribution is 2.34. The van der Waals surface area contributed by atoms with Gasteiger partial charge in [-0.15, -0.1) is 0 Å². The quantitative estimate of drug-likeness (QED) is 0.738. The fraction of sp³-hybridized carbons (Fsp3) is 0.0667. The molecule has 1 saturated heterocycles. The molecule has 2 aromatic rings. The SMILES string of the molecule is O=C1S/C(=C\c2ccc(Br)o2)C(=O)N1Cc1ccccc1F. The maximum absolute atomic E-state index is 13.7. The minimum absolute atomic E-state index is 0.0868. The normalized spacial score (nSPS) is 16.8. The number of hydrogen-bond acceptors (Lipinski definition) is 4. The van der Waals surface area contributed by atoms with Gasteiger partial charge in [0.1, 0.15) is 11.6 Å². The van der Waals surface area contributed by atoms with Gasteiger partial charge >= 0.3 is 0 Å². The average Bonchev–Trinajstić information content (AvgIpc) is 3.00. The van der Waals surface area contributed by atoms with Crippen LogP contribution in [0.15, 0.2) is 50.4 Å². The van der Waals surface area contributed by atoms with E-state index in [1.807, 2.05) is 0 Å². The number of benzene rings is 1. The van der Waals surface area contributed by atoms with Crippen LogP contribution >= 0.6 is 27.7 Å². The van der Waals surface area contributed by atoms with Gasteiger partial charge in [0.05, 0.1) is 11.4 Å². The fourth-order valence-corrected chi connectivity index (χ4v) is 3.11. The van der Waals surface area contributed by atoms with E-state index in [1.165, 1.54) is 12.1 Å². The van der Waals surface area contributed by atoms with E-state index in [2.05, 4.69) is 15.9 Å². The van der Waals surface area contributed by atoms with Crippen molar-refractivity contribution in [3.63, 3.8) is 0 Å². The van der Waals surface area contributed by atoms with Crippen LogP contribution < -0.4 is 0 Å². The second kappa shape index (κ2) is 6.10. The standard InChI is InChI=1S/C15H9BrFNO3S/c16-13-6-5-10(21-13)7-12-14(19)18(15(20)22-12)8-9-3-1-2-4-11(9)17/h1-7H,8H2/b12-7-. The van der Waals surface area contributed by atoms with Crippen molar-refractivity contribution in [1.29, 1.82) is 0 Å². The molecular formula is C15H9BrFNO3S. The lowest BCUT2D eigenvalue weighted by molar-refractivity contribution is -0.123. The summed E-state index contributed by atoms with van der Waals surface area (Å²) in [5.74, 6) is -0.436. The Bertz CT molecular complexity index is 787. The molecule has 1 aromatic carbocycles. The minimum Gasteiger partial charge on any atom is -0.450 e. The highest BCUT2D eigenvalue weighted by Gasteiger charge is 2.35. The van der Waals surface area contributed by atoms with Crippen molar-refractivity contribution < 1.29 is 18.4 Å². The number of carbonyl (C=O) groups is 2. The Morgan fingerprint density at radius 1 is 1.23 bits per heavy atom. The molecule has 0 aliphatic carbocycles. The summed E-state index contributed by atoms with van der Waals surface area (Å²) in [6.45, 7) is -0.0868. The zero-order valence-electron chi connectivity index (χ0n) is 11.1. The lowest BCUT2D eigenvalue weighted by atomic mass is 10.2. The van der Waals surface area contributed by atoms with E-state index in [4.69, 9.17) is 4.42 Å². The molecule has 4 nitrogen and oxygen atoms in total. The van der Waals surface area contributed by atoms with Crippen LogP contribution in [0.1, 0.15) is 11.3 Å². The number of nitrogens with zero attached hydrogens (tertiary/aromatic N) is 1. The first kappa shape index (κ1) is 15.1. The first-order chi connectivity index (χ1) is 10.5. The zero-order chi connectivity index (χ0) is 15.7. The van der Waals surface area contributed by atoms with Gasteiger partial charge in [-0.05, 0) is 45.9 Å². The number of amides is 2. The van der Waals surface area contributed by atoms with Crippen molar-refractivity contribution in [3.05, 3.63) is 63.1 Å². The molecule has 22 heavy (non-hydrogen) atoms. The molecule has 0 atom stereocenters. The number of furan rings is 1. The van der Waals surface area contributed by atoms with Gasteiger partial charge in [-0.3, -0.25) is 14.5 Å². The first-order valence-electron chi connectivity index (χ1n) is 6.29. The highest BCUT2D eigenvalue weighted by atomic mass is 79.9. The van der Waals surface area contributed by atoms with E-state index in [0.717, 1.165) is 16.7 Å². The molecule has 112 valence electrons. The van der Waals surface area contributed by atoms with Crippen LogP contribution in [-0.2, 0) is 11.3 Å². The Labute approximate surface area is 138 Å². The molecule has 0 saturated carbocycles. The van der Waals surface area contributed by atoms with Crippen LogP contribution in [-0.4, -0.2) is 16.0 Å². The van der Waals surface area contributed by atoms with Crippen molar-refractivity contribution in [3.8, 4) is 0 Å². The smallest absolute Gasteiger partial charge is 0.293 e. The molecular weight excluding hydrogens is 373 g/mol. The van der Waals surface area contributed by atoms with E-state index in [0.29, 0.717) is 16.0 Å². The number of carbonyl (C=O) groups excluding carboxylic acids is 2. The molecule has 1 aliphatic heterocycles. The third kappa shape index (κ3) is 3.00. The highest BCUT2D eigenvalue weighted by molar-refractivity contribution is 9.10. The summed E-state index contributed by atoms with van der Waals surface area (Å²) >= 11 is 3.98. The van der Waals surface area contributed by atoms with Crippen LogP contribution in [0.4, 0.5) is 9.18 Å². The Hall–Kier alpha value is -1.86. The fourth-order valence-electron chi connectivity index (χ4n) is 1.97. The summed E-state index contributed by atoms with van der Waals surface area (Å²) in [7, 11) is 0. The topological polar surface area (TPSA) is 50.5 Å². The maximum atomic E-state index is 13.7. The molecule has 0 bridgehead atoms. The summed E-state index contributed by atoms with van der Waals surface area (Å²) in [6.07, 6.45) is 1.50. The summed E-state index contributed by atoms with van der Waals surface area (Å²) < 4.78 is 19.5. The molecule has 3 rings (SSSR count). The second-order valence-electron chi connectivity index (χ2n) is 4.50. The lowest BCUT2D eigenvalue weighted by Crippen LogP contribution is -2.27. The zero-order valence-corrected chi connectivity index (χ0v) is 13.5. The molecule has 1 aliphatic rings. The van der Waals surface area contributed by atoms with Gasteiger partial charge in [0.2, 0.25) is 0 Å². The van der Waals surface area contributed by atoms with Crippen molar-refractivity contribution in [1.82, 2.24) is 4.90 Å². The van der Waals surface area contributed by atoms with Crippen LogP contribution in [0.25, 0.3) is 6.08 Å². The Balaban J connectivity index is 1.83. The number of rotatable bonds is 3. The van der Waals surface area contributed by atoms with Crippen molar-refractivity contribution in [2.24, 2.45) is 0 Å². The van der Waals surface area contributed by atoms with Gasteiger partial charge in [-0.1, -0.05) is 18.2 Å². The molecule has 0 N–H and O–H groups in total. The third-order valence-electron chi connectivity index (χ3n) is 3.03. The molecule has 1 fully saturated rings. The monoisotopic (exact) mass is 381 g/mol. The predicted molar refractivity (Wildman–Crippen MR) is 84.3 cm³/mol. The molecule has 1 aromatic heterocycles. The van der Waals surface area contributed by atoms with Crippen LogP contribution in [0.3, 0.4) is 0 Å². The minimum atomic E-state index is -0.453. The number of halogens is 2.